The van der Waals surface area contributed by atoms with Gasteiger partial charge in [-0.25, -0.2) is 0 Å². The van der Waals surface area contributed by atoms with Gasteiger partial charge in [-0.3, -0.25) is 0 Å². The van der Waals surface area contributed by atoms with Crippen LogP contribution >= 0.6 is 0 Å². The zero-order valence-electron chi connectivity index (χ0n) is 9.23. The zero-order valence-corrected chi connectivity index (χ0v) is 9.23. The molecule has 0 spiro atoms. The van der Waals surface area contributed by atoms with Gasteiger partial charge in [0, 0.05) is 18.7 Å². The van der Waals surface area contributed by atoms with E-state index in [1.165, 1.54) is 6.42 Å². The van der Waals surface area contributed by atoms with Crippen molar-refractivity contribution in [1.82, 2.24) is 5.32 Å². The van der Waals surface area contributed by atoms with Crippen LogP contribution in [-0.2, 0) is 4.74 Å². The molecular formula is C10H24N2O. The molecular weight excluding hydrogens is 164 g/mol. The van der Waals surface area contributed by atoms with Crippen molar-refractivity contribution in [3.8, 4) is 0 Å². The van der Waals surface area contributed by atoms with Crippen LogP contribution in [0, 0.1) is 0 Å². The molecule has 0 aliphatic heterocycles. The molecule has 0 radical (unpaired) electrons. The molecule has 13 heavy (non-hydrogen) atoms. The second-order valence-electron chi connectivity index (χ2n) is 4.28. The molecule has 0 aromatic carbocycles. The van der Waals surface area contributed by atoms with Gasteiger partial charge >= 0.3 is 0 Å². The Balaban J connectivity index is 3.00. The second kappa shape index (κ2) is 7.30. The molecule has 0 aliphatic carbocycles. The molecule has 0 aliphatic rings. The van der Waals surface area contributed by atoms with E-state index in [0.29, 0.717) is 13.2 Å². The highest BCUT2D eigenvalue weighted by atomic mass is 16.5. The van der Waals surface area contributed by atoms with Gasteiger partial charge in [-0.2, -0.15) is 0 Å². The highest BCUT2D eigenvalue weighted by Gasteiger charge is 2.06. The Bertz CT molecular complexity index is 110. The van der Waals surface area contributed by atoms with Gasteiger partial charge in [0.25, 0.3) is 0 Å². The van der Waals surface area contributed by atoms with Gasteiger partial charge < -0.3 is 15.8 Å². The van der Waals surface area contributed by atoms with Crippen molar-refractivity contribution >= 4 is 0 Å². The summed E-state index contributed by atoms with van der Waals surface area (Å²) in [6.45, 7) is 9.75. The lowest BCUT2D eigenvalue weighted by Crippen LogP contribution is -2.36. The Morgan fingerprint density at radius 1 is 1.15 bits per heavy atom. The average molecular weight is 188 g/mol. The summed E-state index contributed by atoms with van der Waals surface area (Å²) in [5, 5.41) is 3.43. The third-order valence-electron chi connectivity index (χ3n) is 1.63. The van der Waals surface area contributed by atoms with E-state index in [1.807, 2.05) is 0 Å². The van der Waals surface area contributed by atoms with Gasteiger partial charge in [0.2, 0.25) is 0 Å². The molecule has 3 heteroatoms. The van der Waals surface area contributed by atoms with Crippen molar-refractivity contribution in [2.75, 3.05) is 26.3 Å². The van der Waals surface area contributed by atoms with Gasteiger partial charge in [-0.15, -0.1) is 0 Å². The quantitative estimate of drug-likeness (QED) is 0.589. The highest BCUT2D eigenvalue weighted by molar-refractivity contribution is 4.69. The molecule has 80 valence electrons. The molecule has 0 aromatic heterocycles. The molecule has 3 N–H and O–H groups in total. The van der Waals surface area contributed by atoms with Gasteiger partial charge in [0.05, 0.1) is 6.61 Å². The van der Waals surface area contributed by atoms with E-state index in [4.69, 9.17) is 10.5 Å². The predicted octanol–water partition coefficient (Wildman–Crippen LogP) is 1.13. The third-order valence-corrected chi connectivity index (χ3v) is 1.63. The summed E-state index contributed by atoms with van der Waals surface area (Å²) >= 11 is 0. The number of nitrogens with one attached hydrogen (secondary N) is 1. The normalized spacial score (nSPS) is 12.0. The first-order chi connectivity index (χ1) is 6.06. The first-order valence-corrected chi connectivity index (χ1v) is 5.09. The molecule has 0 unspecified atom stereocenters. The van der Waals surface area contributed by atoms with Crippen molar-refractivity contribution in [3.63, 3.8) is 0 Å². The van der Waals surface area contributed by atoms with E-state index in [1.54, 1.807) is 0 Å². The van der Waals surface area contributed by atoms with Gasteiger partial charge in [0.15, 0.2) is 0 Å². The fourth-order valence-electron chi connectivity index (χ4n) is 0.978. The van der Waals surface area contributed by atoms with Crippen LogP contribution in [0.15, 0.2) is 0 Å². The lowest BCUT2D eigenvalue weighted by Gasteiger charge is -2.20. The number of hydrogen-bond acceptors (Lipinski definition) is 3. The summed E-state index contributed by atoms with van der Waals surface area (Å²) < 4.78 is 5.26. The van der Waals surface area contributed by atoms with Crippen LogP contribution in [0.3, 0.4) is 0 Å². The fraction of sp³-hybridized carbons (Fsp3) is 1.00. The first-order valence-electron chi connectivity index (χ1n) is 5.09. The van der Waals surface area contributed by atoms with E-state index in [0.717, 1.165) is 19.6 Å². The number of ether oxygens (including phenoxy) is 1. The molecule has 0 atom stereocenters. The Morgan fingerprint density at radius 2 is 1.85 bits per heavy atom. The smallest absolute Gasteiger partial charge is 0.0588 e. The summed E-state index contributed by atoms with van der Waals surface area (Å²) in [6, 6.07) is 0. The molecule has 0 saturated heterocycles. The van der Waals surface area contributed by atoms with Gasteiger partial charge in [-0.1, -0.05) is 0 Å². The van der Waals surface area contributed by atoms with Crippen LogP contribution in [0.25, 0.3) is 0 Å². The predicted molar refractivity (Wildman–Crippen MR) is 56.9 cm³/mol. The standard InChI is InChI=1S/C10H24N2O/c1-10(2,3)12-7-4-5-8-13-9-6-11/h12H,4-9,11H2,1-3H3. The minimum absolute atomic E-state index is 0.234. The average Bonchev–Trinajstić information content (AvgIpc) is 2.01. The molecule has 0 amide bonds. The monoisotopic (exact) mass is 188 g/mol. The summed E-state index contributed by atoms with van der Waals surface area (Å²) in [5.41, 5.74) is 5.52. The minimum atomic E-state index is 0.234. The maximum atomic E-state index is 5.29. The first kappa shape index (κ1) is 12.9. The summed E-state index contributed by atoms with van der Waals surface area (Å²) in [4.78, 5) is 0. The number of hydrogen-bond donors (Lipinski definition) is 2. The molecule has 0 bridgehead atoms. The summed E-state index contributed by atoms with van der Waals surface area (Å²) in [6.07, 6.45) is 2.28. The molecule has 0 heterocycles. The SMILES string of the molecule is CC(C)(C)NCCCCOCCN. The van der Waals surface area contributed by atoms with Gasteiger partial charge in [-0.05, 0) is 40.2 Å². The van der Waals surface area contributed by atoms with Crippen LogP contribution < -0.4 is 11.1 Å². The number of nitrogens with two attached hydrogens (primary N) is 1. The minimum Gasteiger partial charge on any atom is -0.380 e. The second-order valence-corrected chi connectivity index (χ2v) is 4.28. The Kier molecular flexibility index (Phi) is 7.23. The molecule has 0 rings (SSSR count). The number of rotatable bonds is 7. The summed E-state index contributed by atoms with van der Waals surface area (Å²) in [7, 11) is 0. The van der Waals surface area contributed by atoms with Crippen molar-refractivity contribution in [1.29, 1.82) is 0 Å². The third kappa shape index (κ3) is 11.9. The Morgan fingerprint density at radius 3 is 2.38 bits per heavy atom. The van der Waals surface area contributed by atoms with E-state index in [9.17, 15) is 0 Å². The van der Waals surface area contributed by atoms with Crippen LogP contribution in [0.4, 0.5) is 0 Å². The fourth-order valence-corrected chi connectivity index (χ4v) is 0.978. The molecule has 0 fully saturated rings. The maximum absolute atomic E-state index is 5.29. The van der Waals surface area contributed by atoms with E-state index in [2.05, 4.69) is 26.1 Å². The van der Waals surface area contributed by atoms with Crippen molar-refractivity contribution in [3.05, 3.63) is 0 Å². The molecule has 0 aromatic rings. The number of unbranched alkanes of at least 4 members (excludes halogenated alkanes) is 1. The van der Waals surface area contributed by atoms with Gasteiger partial charge in [0.1, 0.15) is 0 Å². The van der Waals surface area contributed by atoms with Crippen molar-refractivity contribution in [2.24, 2.45) is 5.73 Å². The zero-order chi connectivity index (χ0) is 10.2. The van der Waals surface area contributed by atoms with Crippen molar-refractivity contribution < 1.29 is 4.74 Å². The topological polar surface area (TPSA) is 47.3 Å². The van der Waals surface area contributed by atoms with Crippen LogP contribution in [0.5, 0.6) is 0 Å². The lowest BCUT2D eigenvalue weighted by molar-refractivity contribution is 0.137. The van der Waals surface area contributed by atoms with Crippen LogP contribution in [-0.4, -0.2) is 31.8 Å². The Labute approximate surface area is 82.0 Å². The van der Waals surface area contributed by atoms with Crippen LogP contribution in [0.1, 0.15) is 33.6 Å². The highest BCUT2D eigenvalue weighted by Crippen LogP contribution is 1.99. The summed E-state index contributed by atoms with van der Waals surface area (Å²) in [5.74, 6) is 0. The van der Waals surface area contributed by atoms with E-state index >= 15 is 0 Å². The van der Waals surface area contributed by atoms with Crippen LogP contribution in [0.2, 0.25) is 0 Å². The van der Waals surface area contributed by atoms with E-state index in [-0.39, 0.29) is 5.54 Å². The Hall–Kier alpha value is -0.120. The molecule has 3 nitrogen and oxygen atoms in total. The van der Waals surface area contributed by atoms with Crippen molar-refractivity contribution in [2.45, 2.75) is 39.2 Å². The van der Waals surface area contributed by atoms with E-state index < -0.39 is 0 Å². The lowest BCUT2D eigenvalue weighted by atomic mass is 10.1. The molecule has 0 saturated carbocycles. The largest absolute Gasteiger partial charge is 0.380 e. The maximum Gasteiger partial charge on any atom is 0.0588 e.